The Morgan fingerprint density at radius 3 is 2.80 bits per heavy atom. The zero-order valence-corrected chi connectivity index (χ0v) is 8.94. The van der Waals surface area contributed by atoms with E-state index in [2.05, 4.69) is 12.0 Å². The summed E-state index contributed by atoms with van der Waals surface area (Å²) < 4.78 is 1.94. The number of hydrogen-bond acceptors (Lipinski definition) is 2. The molecule has 2 rings (SSSR count). The third-order valence-electron chi connectivity index (χ3n) is 2.56. The van der Waals surface area contributed by atoms with Gasteiger partial charge in [0, 0.05) is 17.8 Å². The van der Waals surface area contributed by atoms with Crippen LogP contribution in [-0.2, 0) is 6.54 Å². The molecule has 0 atom stereocenters. The molecule has 1 heterocycles. The third-order valence-corrected chi connectivity index (χ3v) is 2.56. The Morgan fingerprint density at radius 2 is 2.20 bits per heavy atom. The van der Waals surface area contributed by atoms with E-state index in [0.29, 0.717) is 0 Å². The van der Waals surface area contributed by atoms with Gasteiger partial charge in [0.05, 0.1) is 6.20 Å². The van der Waals surface area contributed by atoms with Gasteiger partial charge in [0.1, 0.15) is 5.75 Å². The maximum absolute atomic E-state index is 9.40. The number of hydrogen-bond donors (Lipinski definition) is 1. The van der Waals surface area contributed by atoms with Crippen molar-refractivity contribution in [2.24, 2.45) is 0 Å². The minimum absolute atomic E-state index is 0.288. The second-order valence-electron chi connectivity index (χ2n) is 3.51. The highest BCUT2D eigenvalue weighted by molar-refractivity contribution is 5.66. The smallest absolute Gasteiger partial charge is 0.116 e. The van der Waals surface area contributed by atoms with Gasteiger partial charge in [-0.25, -0.2) is 0 Å². The van der Waals surface area contributed by atoms with E-state index in [4.69, 9.17) is 0 Å². The Kier molecular flexibility index (Phi) is 2.46. The molecule has 0 radical (unpaired) electrons. The van der Waals surface area contributed by atoms with E-state index in [1.807, 2.05) is 29.9 Å². The molecule has 0 aliphatic heterocycles. The average molecular weight is 202 g/mol. The molecule has 0 fully saturated rings. The largest absolute Gasteiger partial charge is 0.508 e. The van der Waals surface area contributed by atoms with Crippen LogP contribution >= 0.6 is 0 Å². The highest BCUT2D eigenvalue weighted by atomic mass is 16.3. The fraction of sp³-hybridized carbons (Fsp3) is 0.250. The molecular formula is C12H14N2O. The lowest BCUT2D eigenvalue weighted by molar-refractivity contribution is 0.475. The van der Waals surface area contributed by atoms with Crippen LogP contribution in [0.2, 0.25) is 0 Å². The van der Waals surface area contributed by atoms with E-state index in [9.17, 15) is 5.11 Å². The minimum Gasteiger partial charge on any atom is -0.508 e. The first-order valence-corrected chi connectivity index (χ1v) is 5.04. The molecule has 0 aliphatic carbocycles. The summed E-state index contributed by atoms with van der Waals surface area (Å²) in [6, 6.07) is 7.24. The van der Waals surface area contributed by atoms with Crippen molar-refractivity contribution < 1.29 is 5.11 Å². The maximum Gasteiger partial charge on any atom is 0.116 e. The molecular weight excluding hydrogens is 188 g/mol. The van der Waals surface area contributed by atoms with Crippen molar-refractivity contribution in [3.8, 4) is 16.9 Å². The van der Waals surface area contributed by atoms with E-state index in [0.717, 1.165) is 23.4 Å². The molecule has 1 aromatic carbocycles. The summed E-state index contributed by atoms with van der Waals surface area (Å²) in [4.78, 5) is 0. The highest BCUT2D eigenvalue weighted by Crippen LogP contribution is 2.25. The predicted molar refractivity (Wildman–Crippen MR) is 59.7 cm³/mol. The highest BCUT2D eigenvalue weighted by Gasteiger charge is 2.07. The van der Waals surface area contributed by atoms with Gasteiger partial charge in [0.15, 0.2) is 0 Å². The summed E-state index contributed by atoms with van der Waals surface area (Å²) in [6.07, 6.45) is 1.84. The molecule has 0 unspecified atom stereocenters. The van der Waals surface area contributed by atoms with Crippen molar-refractivity contribution in [1.82, 2.24) is 9.78 Å². The summed E-state index contributed by atoms with van der Waals surface area (Å²) in [5.41, 5.74) is 3.21. The van der Waals surface area contributed by atoms with E-state index >= 15 is 0 Å². The van der Waals surface area contributed by atoms with Gasteiger partial charge >= 0.3 is 0 Å². The Balaban J connectivity index is 2.49. The molecule has 15 heavy (non-hydrogen) atoms. The molecule has 0 saturated heterocycles. The zero-order valence-electron chi connectivity index (χ0n) is 8.94. The summed E-state index contributed by atoms with van der Waals surface area (Å²) in [6.45, 7) is 4.97. The van der Waals surface area contributed by atoms with E-state index < -0.39 is 0 Å². The van der Waals surface area contributed by atoms with Crippen LogP contribution in [0, 0.1) is 6.92 Å². The normalized spacial score (nSPS) is 10.5. The van der Waals surface area contributed by atoms with E-state index in [1.165, 1.54) is 0 Å². The minimum atomic E-state index is 0.288. The van der Waals surface area contributed by atoms with E-state index in [-0.39, 0.29) is 5.75 Å². The first-order valence-electron chi connectivity index (χ1n) is 5.04. The van der Waals surface area contributed by atoms with E-state index in [1.54, 1.807) is 12.1 Å². The molecule has 1 aromatic heterocycles. The van der Waals surface area contributed by atoms with Gasteiger partial charge in [-0.3, -0.25) is 4.68 Å². The first kappa shape index (κ1) is 9.77. The fourth-order valence-electron chi connectivity index (χ4n) is 1.72. The van der Waals surface area contributed by atoms with Crippen molar-refractivity contribution in [1.29, 1.82) is 0 Å². The lowest BCUT2D eigenvalue weighted by Crippen LogP contribution is -1.98. The zero-order chi connectivity index (χ0) is 10.8. The topological polar surface area (TPSA) is 38.0 Å². The van der Waals surface area contributed by atoms with Gasteiger partial charge < -0.3 is 5.11 Å². The van der Waals surface area contributed by atoms with Crippen LogP contribution in [0.3, 0.4) is 0 Å². The van der Waals surface area contributed by atoms with Gasteiger partial charge in [0.2, 0.25) is 0 Å². The fourth-order valence-corrected chi connectivity index (χ4v) is 1.72. The number of rotatable bonds is 2. The molecule has 3 nitrogen and oxygen atoms in total. The predicted octanol–water partition coefficient (Wildman–Crippen LogP) is 2.58. The number of phenols is 1. The van der Waals surface area contributed by atoms with Crippen LogP contribution in [0.25, 0.3) is 11.1 Å². The molecule has 78 valence electrons. The van der Waals surface area contributed by atoms with Crippen LogP contribution in [0.4, 0.5) is 0 Å². The molecule has 2 aromatic rings. The van der Waals surface area contributed by atoms with Gasteiger partial charge in [-0.15, -0.1) is 0 Å². The Morgan fingerprint density at radius 1 is 1.40 bits per heavy atom. The van der Waals surface area contributed by atoms with Gasteiger partial charge in [-0.05, 0) is 31.5 Å². The standard InChI is InChI=1S/C12H14N2O/c1-3-14-9(2)12(8-13-14)10-5-4-6-11(15)7-10/h4-8,15H,3H2,1-2H3. The van der Waals surface area contributed by atoms with Crippen LogP contribution < -0.4 is 0 Å². The van der Waals surface area contributed by atoms with Gasteiger partial charge in [0.25, 0.3) is 0 Å². The van der Waals surface area contributed by atoms with Gasteiger partial charge in [-0.2, -0.15) is 5.10 Å². The lowest BCUT2D eigenvalue weighted by atomic mass is 10.1. The molecule has 0 spiro atoms. The SMILES string of the molecule is CCn1ncc(-c2cccc(O)c2)c1C. The average Bonchev–Trinajstić information content (AvgIpc) is 2.59. The Bertz CT molecular complexity index is 474. The molecule has 0 aliphatic rings. The number of aromatic nitrogens is 2. The van der Waals surface area contributed by atoms with Crippen LogP contribution in [0.5, 0.6) is 5.75 Å². The first-order chi connectivity index (χ1) is 7.22. The molecule has 0 amide bonds. The van der Waals surface area contributed by atoms with Crippen LogP contribution in [0.1, 0.15) is 12.6 Å². The Hall–Kier alpha value is -1.77. The summed E-state index contributed by atoms with van der Waals surface area (Å²) in [7, 11) is 0. The number of benzene rings is 1. The van der Waals surface area contributed by atoms with Crippen molar-refractivity contribution in [2.75, 3.05) is 0 Å². The van der Waals surface area contributed by atoms with Crippen molar-refractivity contribution in [3.05, 3.63) is 36.2 Å². The third kappa shape index (κ3) is 1.73. The number of nitrogens with zero attached hydrogens (tertiary/aromatic N) is 2. The molecule has 3 heteroatoms. The molecule has 1 N–H and O–H groups in total. The van der Waals surface area contributed by atoms with Crippen molar-refractivity contribution >= 4 is 0 Å². The van der Waals surface area contributed by atoms with Crippen molar-refractivity contribution in [2.45, 2.75) is 20.4 Å². The van der Waals surface area contributed by atoms with Gasteiger partial charge in [-0.1, -0.05) is 12.1 Å². The van der Waals surface area contributed by atoms with Crippen LogP contribution in [-0.4, -0.2) is 14.9 Å². The second kappa shape index (κ2) is 3.77. The molecule has 0 saturated carbocycles. The van der Waals surface area contributed by atoms with Crippen molar-refractivity contribution in [3.63, 3.8) is 0 Å². The number of aryl methyl sites for hydroxylation is 1. The Labute approximate surface area is 89.0 Å². The summed E-state index contributed by atoms with van der Waals surface area (Å²) in [5, 5.41) is 13.7. The monoisotopic (exact) mass is 202 g/mol. The summed E-state index contributed by atoms with van der Waals surface area (Å²) >= 11 is 0. The second-order valence-corrected chi connectivity index (χ2v) is 3.51. The molecule has 0 bridgehead atoms. The quantitative estimate of drug-likeness (QED) is 0.812. The summed E-state index contributed by atoms with van der Waals surface area (Å²) in [5.74, 6) is 0.288. The maximum atomic E-state index is 9.40. The number of aromatic hydroxyl groups is 1. The van der Waals surface area contributed by atoms with Crippen LogP contribution in [0.15, 0.2) is 30.5 Å². The lowest BCUT2D eigenvalue weighted by Gasteiger charge is -2.02. The number of phenolic OH excluding ortho intramolecular Hbond substituents is 1.